The molecule has 0 radical (unpaired) electrons. The van der Waals surface area contributed by atoms with Gasteiger partial charge < -0.3 is 5.11 Å². The first-order chi connectivity index (χ1) is 6.77. The molecule has 14 heavy (non-hydrogen) atoms. The van der Waals surface area contributed by atoms with E-state index < -0.39 is 0 Å². The molecule has 0 aromatic carbocycles. The second-order valence-electron chi connectivity index (χ2n) is 2.70. The van der Waals surface area contributed by atoms with E-state index in [1.165, 1.54) is 11.3 Å². The Morgan fingerprint density at radius 2 is 2.21 bits per heavy atom. The summed E-state index contributed by atoms with van der Waals surface area (Å²) in [5, 5.41) is 9.88. The van der Waals surface area contributed by atoms with E-state index in [1.54, 1.807) is 6.08 Å². The first-order valence-electron chi connectivity index (χ1n) is 4.31. The summed E-state index contributed by atoms with van der Waals surface area (Å²) in [5.74, 6) is 0. The maximum Gasteiger partial charge on any atom is 0.116 e. The van der Waals surface area contributed by atoms with E-state index in [4.69, 9.17) is 5.11 Å². The first kappa shape index (κ1) is 10.9. The van der Waals surface area contributed by atoms with Crippen LogP contribution in [0.25, 0.3) is 6.08 Å². The van der Waals surface area contributed by atoms with Crippen molar-refractivity contribution in [2.24, 2.45) is 0 Å². The zero-order chi connectivity index (χ0) is 10.4. The molecule has 0 bridgehead atoms. The van der Waals surface area contributed by atoms with Gasteiger partial charge in [0.15, 0.2) is 0 Å². The number of hydrogen-bond donors (Lipinski definition) is 1. The van der Waals surface area contributed by atoms with Crippen LogP contribution in [-0.2, 0) is 6.61 Å². The Bertz CT molecular complexity index is 363. The number of thiazole rings is 1. The highest BCUT2D eigenvalue weighted by Gasteiger charge is 2.02. The van der Waals surface area contributed by atoms with Gasteiger partial charge in [-0.1, -0.05) is 30.9 Å². The van der Waals surface area contributed by atoms with Crippen LogP contribution in [0.3, 0.4) is 0 Å². The number of aliphatic hydroxyl groups excluding tert-OH is 1. The minimum absolute atomic E-state index is 0.0693. The van der Waals surface area contributed by atoms with Crippen molar-refractivity contribution in [2.75, 3.05) is 0 Å². The lowest BCUT2D eigenvalue weighted by Crippen LogP contribution is -1.80. The van der Waals surface area contributed by atoms with Crippen LogP contribution in [0.15, 0.2) is 30.9 Å². The summed E-state index contributed by atoms with van der Waals surface area (Å²) in [6, 6.07) is 0. The number of rotatable bonds is 4. The highest BCUT2D eigenvalue weighted by molar-refractivity contribution is 7.12. The molecule has 2 nitrogen and oxygen atoms in total. The van der Waals surface area contributed by atoms with Crippen LogP contribution in [0.5, 0.6) is 0 Å². The summed E-state index contributed by atoms with van der Waals surface area (Å²) >= 11 is 1.51. The molecule has 74 valence electrons. The fourth-order valence-corrected chi connectivity index (χ4v) is 1.79. The number of allylic oxidation sites excluding steroid dienone is 4. The van der Waals surface area contributed by atoms with Crippen molar-refractivity contribution < 1.29 is 5.11 Å². The van der Waals surface area contributed by atoms with Crippen LogP contribution >= 0.6 is 11.3 Å². The van der Waals surface area contributed by atoms with Gasteiger partial charge in [0, 0.05) is 0 Å². The smallest absolute Gasteiger partial charge is 0.116 e. The third-order valence-electron chi connectivity index (χ3n) is 1.65. The molecule has 1 heterocycles. The Morgan fingerprint density at radius 3 is 2.79 bits per heavy atom. The van der Waals surface area contributed by atoms with Crippen molar-refractivity contribution in [1.29, 1.82) is 0 Å². The van der Waals surface area contributed by atoms with Gasteiger partial charge in [0.2, 0.25) is 0 Å². The summed E-state index contributed by atoms with van der Waals surface area (Å²) in [7, 11) is 0. The van der Waals surface area contributed by atoms with Crippen LogP contribution in [0.1, 0.15) is 15.6 Å². The third-order valence-corrected chi connectivity index (χ3v) is 2.76. The van der Waals surface area contributed by atoms with Crippen molar-refractivity contribution in [1.82, 2.24) is 4.98 Å². The molecule has 0 aliphatic carbocycles. The van der Waals surface area contributed by atoms with E-state index in [0.717, 1.165) is 15.6 Å². The highest BCUT2D eigenvalue weighted by atomic mass is 32.1. The zero-order valence-corrected chi connectivity index (χ0v) is 8.92. The molecule has 1 N–H and O–H groups in total. The quantitative estimate of drug-likeness (QED) is 0.770. The van der Waals surface area contributed by atoms with Gasteiger partial charge in [0.25, 0.3) is 0 Å². The van der Waals surface area contributed by atoms with Crippen LogP contribution in [-0.4, -0.2) is 10.1 Å². The SMILES string of the molecule is C=C/C=C\C=C\c1nc(C)c(CO)s1. The van der Waals surface area contributed by atoms with Crippen molar-refractivity contribution in [3.63, 3.8) is 0 Å². The molecule has 0 unspecified atom stereocenters. The van der Waals surface area contributed by atoms with Gasteiger partial charge in [-0.3, -0.25) is 0 Å². The minimum Gasteiger partial charge on any atom is -0.391 e. The Kier molecular flexibility index (Phi) is 4.29. The van der Waals surface area contributed by atoms with Crippen LogP contribution in [0.2, 0.25) is 0 Å². The lowest BCUT2D eigenvalue weighted by atomic mass is 10.4. The number of hydrogen-bond acceptors (Lipinski definition) is 3. The summed E-state index contributed by atoms with van der Waals surface area (Å²) < 4.78 is 0. The average Bonchev–Trinajstić information content (AvgIpc) is 2.54. The van der Waals surface area contributed by atoms with E-state index in [0.29, 0.717) is 0 Å². The largest absolute Gasteiger partial charge is 0.391 e. The van der Waals surface area contributed by atoms with Crippen molar-refractivity contribution in [2.45, 2.75) is 13.5 Å². The van der Waals surface area contributed by atoms with Crippen molar-refractivity contribution in [3.05, 3.63) is 46.5 Å². The molecule has 0 aliphatic heterocycles. The van der Waals surface area contributed by atoms with Crippen LogP contribution < -0.4 is 0 Å². The molecule has 3 heteroatoms. The third kappa shape index (κ3) is 2.94. The van der Waals surface area contributed by atoms with E-state index in [1.807, 2.05) is 31.2 Å². The summed E-state index contributed by atoms with van der Waals surface area (Å²) in [4.78, 5) is 5.22. The van der Waals surface area contributed by atoms with E-state index in [-0.39, 0.29) is 6.61 Å². The van der Waals surface area contributed by atoms with Gasteiger partial charge in [-0.2, -0.15) is 0 Å². The predicted octanol–water partition coefficient (Wildman–Crippen LogP) is 2.70. The lowest BCUT2D eigenvalue weighted by Gasteiger charge is -1.85. The Labute approximate surface area is 87.9 Å². The van der Waals surface area contributed by atoms with Gasteiger partial charge >= 0.3 is 0 Å². The topological polar surface area (TPSA) is 33.1 Å². The molecule has 0 amide bonds. The fraction of sp³-hybridized carbons (Fsp3) is 0.182. The Hall–Kier alpha value is -1.19. The summed E-state index contributed by atoms with van der Waals surface area (Å²) in [6.45, 7) is 5.54. The highest BCUT2D eigenvalue weighted by Crippen LogP contribution is 2.18. The van der Waals surface area contributed by atoms with Crippen LogP contribution in [0.4, 0.5) is 0 Å². The number of aliphatic hydroxyl groups is 1. The lowest BCUT2D eigenvalue weighted by molar-refractivity contribution is 0.284. The Balaban J connectivity index is 2.72. The van der Waals surface area contributed by atoms with Gasteiger partial charge in [-0.25, -0.2) is 4.98 Å². The molecule has 0 aliphatic rings. The number of aromatic nitrogens is 1. The minimum atomic E-state index is 0.0693. The maximum atomic E-state index is 8.96. The molecular weight excluding hydrogens is 194 g/mol. The standard InChI is InChI=1S/C11H13NOS/c1-3-4-5-6-7-11-12-9(2)10(8-13)14-11/h3-7,13H,1,8H2,2H3/b5-4-,7-6+. The second-order valence-corrected chi connectivity index (χ2v) is 3.81. The monoisotopic (exact) mass is 207 g/mol. The Morgan fingerprint density at radius 1 is 1.43 bits per heavy atom. The molecule has 0 saturated carbocycles. The van der Waals surface area contributed by atoms with Crippen molar-refractivity contribution >= 4 is 17.4 Å². The summed E-state index contributed by atoms with van der Waals surface area (Å²) in [5.41, 5.74) is 0.907. The predicted molar refractivity (Wildman–Crippen MR) is 61.1 cm³/mol. The molecule has 1 aromatic rings. The zero-order valence-electron chi connectivity index (χ0n) is 8.10. The molecule has 0 spiro atoms. The van der Waals surface area contributed by atoms with E-state index in [9.17, 15) is 0 Å². The molecule has 1 rings (SSSR count). The summed E-state index contributed by atoms with van der Waals surface area (Å²) in [6.07, 6.45) is 9.28. The van der Waals surface area contributed by atoms with Gasteiger partial charge in [0.1, 0.15) is 5.01 Å². The molecule has 1 aromatic heterocycles. The molecule has 0 saturated heterocycles. The number of nitrogens with zero attached hydrogens (tertiary/aromatic N) is 1. The molecular formula is C11H13NOS. The van der Waals surface area contributed by atoms with Gasteiger partial charge in [-0.05, 0) is 13.0 Å². The van der Waals surface area contributed by atoms with Crippen molar-refractivity contribution in [3.8, 4) is 0 Å². The number of aryl methyl sites for hydroxylation is 1. The van der Waals surface area contributed by atoms with E-state index in [2.05, 4.69) is 11.6 Å². The normalized spacial score (nSPS) is 11.6. The molecule has 0 atom stereocenters. The molecule has 0 fully saturated rings. The average molecular weight is 207 g/mol. The van der Waals surface area contributed by atoms with E-state index >= 15 is 0 Å². The van der Waals surface area contributed by atoms with Gasteiger partial charge in [0.05, 0.1) is 17.2 Å². The van der Waals surface area contributed by atoms with Crippen LogP contribution in [0, 0.1) is 6.92 Å². The first-order valence-corrected chi connectivity index (χ1v) is 5.12. The second kappa shape index (κ2) is 5.52. The fourth-order valence-electron chi connectivity index (χ4n) is 0.949. The van der Waals surface area contributed by atoms with Gasteiger partial charge in [-0.15, -0.1) is 11.3 Å². The maximum absolute atomic E-state index is 8.96.